The summed E-state index contributed by atoms with van der Waals surface area (Å²) in [7, 11) is 0. The number of nitrogens with two attached hydrogens (primary N) is 1. The van der Waals surface area contributed by atoms with Crippen LogP contribution in [0.2, 0.25) is 0 Å². The lowest BCUT2D eigenvalue weighted by Crippen LogP contribution is -1.75. The molecule has 0 aromatic rings. The van der Waals surface area contributed by atoms with Gasteiger partial charge in [-0.2, -0.15) is 0 Å². The van der Waals surface area contributed by atoms with E-state index in [1.54, 1.807) is 5.41 Å². The molecule has 7 heavy (non-hydrogen) atoms. The molecule has 2 N–H and O–H groups in total. The lowest BCUT2D eigenvalue weighted by atomic mass is 11.0. The van der Waals surface area contributed by atoms with Gasteiger partial charge in [-0.1, -0.05) is 24.0 Å². The van der Waals surface area contributed by atoms with Gasteiger partial charge in [-0.3, -0.25) is 0 Å². The first kappa shape index (κ1) is 6.98. The summed E-state index contributed by atoms with van der Waals surface area (Å²) < 4.78 is 0.890. The van der Waals surface area contributed by atoms with E-state index in [0.29, 0.717) is 0 Å². The van der Waals surface area contributed by atoms with Crippen molar-refractivity contribution in [1.82, 2.24) is 0 Å². The minimum atomic E-state index is 0.890. The minimum absolute atomic E-state index is 0.890. The maximum absolute atomic E-state index is 5.02. The fraction of sp³-hybridized carbons (Fsp3) is 0.250. The molecule has 0 aromatic carbocycles. The molecule has 0 aliphatic heterocycles. The van der Waals surface area contributed by atoms with Crippen molar-refractivity contribution in [1.29, 1.82) is 0 Å². The third-order valence-electron chi connectivity index (χ3n) is 0.313. The molecule has 3 heteroatoms. The molecule has 0 saturated carbocycles. The highest BCUT2D eigenvalue weighted by atomic mass is 32.2. The average Bonchev–Trinajstić information content (AvgIpc) is 1.61. The Morgan fingerprint density at radius 3 is 2.57 bits per heavy atom. The summed E-state index contributed by atoms with van der Waals surface area (Å²) in [6, 6.07) is 0. The topological polar surface area (TPSA) is 26.0 Å². The van der Waals surface area contributed by atoms with Gasteiger partial charge in [-0.25, -0.2) is 0 Å². The fourth-order valence-electron chi connectivity index (χ4n) is 0.135. The van der Waals surface area contributed by atoms with Gasteiger partial charge in [-0.05, 0) is 12.3 Å². The molecule has 40 valence electrons. The Kier molecular flexibility index (Phi) is 4.14. The van der Waals surface area contributed by atoms with Crippen LogP contribution in [0.4, 0.5) is 0 Å². The summed E-state index contributed by atoms with van der Waals surface area (Å²) in [6.07, 6.45) is 1.47. The molecule has 1 nitrogen and oxygen atoms in total. The Morgan fingerprint density at radius 1 is 1.86 bits per heavy atom. The first-order chi connectivity index (χ1) is 3.27. The predicted molar refractivity (Wildman–Crippen MR) is 39.2 cm³/mol. The van der Waals surface area contributed by atoms with Crippen molar-refractivity contribution in [2.75, 3.05) is 0 Å². The summed E-state index contributed by atoms with van der Waals surface area (Å²) in [6.45, 7) is 1.86. The molecule has 0 bridgehead atoms. The number of thioether (sulfide) groups is 1. The Balaban J connectivity index is 3.14. The molecule has 0 atom stereocenters. The zero-order valence-electron chi connectivity index (χ0n) is 4.05. The van der Waals surface area contributed by atoms with Crippen molar-refractivity contribution < 1.29 is 0 Å². The van der Waals surface area contributed by atoms with E-state index in [1.807, 2.05) is 6.92 Å². The van der Waals surface area contributed by atoms with Gasteiger partial charge in [0.1, 0.15) is 0 Å². The first-order valence-electron chi connectivity index (χ1n) is 1.81. The summed E-state index contributed by atoms with van der Waals surface area (Å²) in [5, 5.41) is 1.75. The smallest absolute Gasteiger partial charge is 0.0490 e. The van der Waals surface area contributed by atoms with E-state index < -0.39 is 0 Å². The van der Waals surface area contributed by atoms with E-state index in [2.05, 4.69) is 0 Å². The van der Waals surface area contributed by atoms with Crippen LogP contribution in [-0.2, 0) is 0 Å². The van der Waals surface area contributed by atoms with Gasteiger partial charge in [-0.15, -0.1) is 0 Å². The van der Waals surface area contributed by atoms with Crippen molar-refractivity contribution in [2.45, 2.75) is 6.92 Å². The van der Waals surface area contributed by atoms with Crippen LogP contribution in [0.15, 0.2) is 11.6 Å². The molecule has 0 spiro atoms. The number of hydrogen-bond acceptors (Lipinski definition) is 3. The molecule has 0 amide bonds. The summed E-state index contributed by atoms with van der Waals surface area (Å²) in [5.74, 6) is 0. The number of thiocarbonyl (C=S) groups is 1. The summed E-state index contributed by atoms with van der Waals surface area (Å²) in [4.78, 5) is 0. The van der Waals surface area contributed by atoms with Gasteiger partial charge in [0.25, 0.3) is 0 Å². The fourth-order valence-corrected chi connectivity index (χ4v) is 0.572. The molecule has 0 unspecified atom stereocenters. The molecular formula is C4H7NS2. The van der Waals surface area contributed by atoms with Crippen molar-refractivity contribution in [3.05, 3.63) is 11.6 Å². The Hall–Kier alpha value is -0.0200. The van der Waals surface area contributed by atoms with Crippen LogP contribution in [0.5, 0.6) is 0 Å². The van der Waals surface area contributed by atoms with Crippen molar-refractivity contribution in [3.8, 4) is 0 Å². The van der Waals surface area contributed by atoms with Gasteiger partial charge >= 0.3 is 0 Å². The molecule has 0 fully saturated rings. The number of hydrogen-bond donors (Lipinski definition) is 1. The van der Waals surface area contributed by atoms with Gasteiger partial charge in [0.2, 0.25) is 0 Å². The van der Waals surface area contributed by atoms with Crippen LogP contribution in [0.3, 0.4) is 0 Å². The van der Waals surface area contributed by atoms with E-state index in [0.717, 1.165) is 4.20 Å². The minimum Gasteiger partial charge on any atom is -0.404 e. The zero-order valence-corrected chi connectivity index (χ0v) is 5.68. The second-order valence-corrected chi connectivity index (χ2v) is 2.93. The third kappa shape index (κ3) is 5.98. The van der Waals surface area contributed by atoms with Crippen molar-refractivity contribution in [2.24, 2.45) is 5.73 Å². The van der Waals surface area contributed by atoms with Crippen LogP contribution >= 0.6 is 24.0 Å². The molecule has 0 aliphatic rings. The normalized spacial score (nSPS) is 9.86. The molecular weight excluding hydrogens is 126 g/mol. The highest BCUT2D eigenvalue weighted by molar-refractivity contribution is 8.24. The monoisotopic (exact) mass is 133 g/mol. The quantitative estimate of drug-likeness (QED) is 0.549. The lowest BCUT2D eigenvalue weighted by molar-refractivity contribution is 1.63. The van der Waals surface area contributed by atoms with Gasteiger partial charge in [0.05, 0.1) is 0 Å². The van der Waals surface area contributed by atoms with E-state index in [9.17, 15) is 0 Å². The van der Waals surface area contributed by atoms with Crippen LogP contribution in [0.1, 0.15) is 6.92 Å². The van der Waals surface area contributed by atoms with E-state index in [-0.39, 0.29) is 0 Å². The maximum Gasteiger partial charge on any atom is 0.0490 e. The van der Waals surface area contributed by atoms with E-state index >= 15 is 0 Å². The Morgan fingerprint density at radius 2 is 2.43 bits per heavy atom. The van der Waals surface area contributed by atoms with Gasteiger partial charge in [0, 0.05) is 10.4 Å². The Labute approximate surface area is 53.0 Å². The first-order valence-corrected chi connectivity index (χ1v) is 3.10. The van der Waals surface area contributed by atoms with E-state index in [1.165, 1.54) is 18.0 Å². The van der Waals surface area contributed by atoms with Crippen LogP contribution in [-0.4, -0.2) is 4.20 Å². The second kappa shape index (κ2) is 4.15. The van der Waals surface area contributed by atoms with Crippen molar-refractivity contribution >= 4 is 28.2 Å². The summed E-state index contributed by atoms with van der Waals surface area (Å²) >= 11 is 6.17. The molecule has 0 aromatic heterocycles. The second-order valence-electron chi connectivity index (χ2n) is 0.938. The molecule has 0 rings (SSSR count). The number of rotatable bonds is 1. The molecule has 0 aliphatic carbocycles. The largest absolute Gasteiger partial charge is 0.404 e. The van der Waals surface area contributed by atoms with E-state index in [4.69, 9.17) is 18.0 Å². The molecule has 0 saturated heterocycles. The highest BCUT2D eigenvalue weighted by Gasteiger charge is 1.77. The predicted octanol–water partition coefficient (Wildman–Crippen LogP) is 1.50. The highest BCUT2D eigenvalue weighted by Crippen LogP contribution is 2.02. The SMILES string of the molecule is CC(=S)SC=CN. The standard InChI is InChI=1S/C4H7NS2/c1-4(6)7-3-2-5/h2-3H,5H2,1H3. The van der Waals surface area contributed by atoms with Crippen LogP contribution in [0.25, 0.3) is 0 Å². The van der Waals surface area contributed by atoms with Crippen LogP contribution in [0, 0.1) is 0 Å². The lowest BCUT2D eigenvalue weighted by Gasteiger charge is -1.81. The zero-order chi connectivity index (χ0) is 5.70. The third-order valence-corrected chi connectivity index (χ3v) is 1.23. The molecule has 0 heterocycles. The summed E-state index contributed by atoms with van der Waals surface area (Å²) in [5.41, 5.74) is 5.02. The van der Waals surface area contributed by atoms with Gasteiger partial charge in [0.15, 0.2) is 0 Å². The van der Waals surface area contributed by atoms with Crippen molar-refractivity contribution in [3.63, 3.8) is 0 Å². The average molecular weight is 133 g/mol. The Bertz CT molecular complexity index is 87.7. The molecule has 0 radical (unpaired) electrons. The maximum atomic E-state index is 5.02. The van der Waals surface area contributed by atoms with Gasteiger partial charge < -0.3 is 5.73 Å². The van der Waals surface area contributed by atoms with Crippen LogP contribution < -0.4 is 5.73 Å².